The Balaban J connectivity index is 0. The van der Waals surface area contributed by atoms with E-state index in [1.807, 2.05) is 26.0 Å². The summed E-state index contributed by atoms with van der Waals surface area (Å²) in [4.78, 5) is 0. The Hall–Kier alpha value is -0.300. The summed E-state index contributed by atoms with van der Waals surface area (Å²) in [6.45, 7) is 4.00. The monoisotopic (exact) mass is 74.1 g/mol. The summed E-state index contributed by atoms with van der Waals surface area (Å²) in [5.74, 6) is 0. The Bertz CT molecular complexity index is 18.8. The van der Waals surface area contributed by atoms with Crippen LogP contribution in [0, 0.1) is 0 Å². The summed E-state index contributed by atoms with van der Waals surface area (Å²) >= 11 is 0. The maximum Gasteiger partial charge on any atom is -0.0470 e. The smallest absolute Gasteiger partial charge is 0.0470 e. The fraction of sp³-hybridized carbons (Fsp3) is 0.500. The molecule has 0 aromatic heterocycles. The van der Waals surface area contributed by atoms with E-state index in [1.54, 1.807) is 0 Å². The maximum atomic E-state index is 2.00. The van der Waals surface area contributed by atoms with Gasteiger partial charge in [0.25, 0.3) is 0 Å². The number of hydrogen-bond acceptors (Lipinski definition) is 0. The van der Waals surface area contributed by atoms with E-state index in [-0.39, 0.29) is 5.48 Å². The molecule has 0 aliphatic carbocycles. The second-order valence-corrected chi connectivity index (χ2v) is 0.667. The fourth-order valence-electron chi connectivity index (χ4n) is 0. The van der Waals surface area contributed by atoms with Crippen LogP contribution in [0.15, 0.2) is 12.2 Å². The van der Waals surface area contributed by atoms with Crippen LogP contribution >= 0.6 is 0 Å². The summed E-state index contributed by atoms with van der Waals surface area (Å²) in [5.41, 5.74) is 0. The van der Waals surface area contributed by atoms with Crippen molar-refractivity contribution in [2.45, 2.75) is 13.8 Å². The zero-order valence-electron chi connectivity index (χ0n) is 3.65. The molecule has 0 saturated heterocycles. The van der Waals surface area contributed by atoms with Gasteiger partial charge < -0.3 is 5.48 Å². The lowest BCUT2D eigenvalue weighted by Gasteiger charge is -1.49. The first-order valence-corrected chi connectivity index (χ1v) is 1.49. The minimum atomic E-state index is 0. The van der Waals surface area contributed by atoms with Gasteiger partial charge in [0.2, 0.25) is 0 Å². The van der Waals surface area contributed by atoms with E-state index in [1.165, 1.54) is 0 Å². The Morgan fingerprint density at radius 3 is 1.20 bits per heavy atom. The van der Waals surface area contributed by atoms with Crippen molar-refractivity contribution in [1.82, 2.24) is 0 Å². The molecule has 0 atom stereocenters. The molecule has 32 valence electrons. The zero-order valence-corrected chi connectivity index (χ0v) is 3.65. The van der Waals surface area contributed by atoms with Gasteiger partial charge in [-0.2, -0.15) is 0 Å². The molecule has 0 aliphatic heterocycles. The zero-order chi connectivity index (χ0) is 3.41. The number of allylic oxidation sites excluding steroid dienone is 2. The van der Waals surface area contributed by atoms with Crippen molar-refractivity contribution in [2.75, 3.05) is 0 Å². The highest BCUT2D eigenvalue weighted by Gasteiger charge is 1.34. The molecule has 0 aromatic carbocycles. The van der Waals surface area contributed by atoms with Crippen molar-refractivity contribution < 1.29 is 5.48 Å². The molecule has 0 saturated carbocycles. The Labute approximate surface area is 32.6 Å². The van der Waals surface area contributed by atoms with Crippen LogP contribution in [-0.4, -0.2) is 5.48 Å². The Morgan fingerprint density at radius 2 is 1.20 bits per heavy atom. The summed E-state index contributed by atoms with van der Waals surface area (Å²) in [7, 11) is 0. The van der Waals surface area contributed by atoms with Crippen molar-refractivity contribution in [3.63, 3.8) is 0 Å². The first-order chi connectivity index (χ1) is 1.91. The van der Waals surface area contributed by atoms with Gasteiger partial charge in [0.15, 0.2) is 0 Å². The maximum absolute atomic E-state index is 2.00. The first kappa shape index (κ1) is 8.83. The van der Waals surface area contributed by atoms with E-state index in [0.717, 1.165) is 0 Å². The molecular weight excluding hydrogens is 64.0 g/mol. The third-order valence-corrected chi connectivity index (χ3v) is 0.333. The molecule has 0 radical (unpaired) electrons. The van der Waals surface area contributed by atoms with E-state index >= 15 is 0 Å². The van der Waals surface area contributed by atoms with Gasteiger partial charge in [-0.05, 0) is 13.8 Å². The van der Waals surface area contributed by atoms with Crippen LogP contribution in [0.3, 0.4) is 0 Å². The molecule has 1 nitrogen and oxygen atoms in total. The average molecular weight is 74.1 g/mol. The highest BCUT2D eigenvalue weighted by molar-refractivity contribution is 4.68. The van der Waals surface area contributed by atoms with Gasteiger partial charge in [0.05, 0.1) is 0 Å². The lowest BCUT2D eigenvalue weighted by molar-refractivity contribution is 0.824. The standard InChI is InChI=1S/C4H8.H2O/c1-3-4-2;/h3-4H,1-2H3;1H2/b4-3+;. The van der Waals surface area contributed by atoms with Crippen LogP contribution in [0.1, 0.15) is 13.8 Å². The molecule has 0 spiro atoms. The van der Waals surface area contributed by atoms with E-state index in [4.69, 9.17) is 0 Å². The molecule has 1 heteroatoms. The molecule has 0 bridgehead atoms. The predicted octanol–water partition coefficient (Wildman–Crippen LogP) is 0.758. The van der Waals surface area contributed by atoms with Gasteiger partial charge in [-0.25, -0.2) is 0 Å². The molecule has 0 aromatic rings. The minimum Gasteiger partial charge on any atom is -0.412 e. The third-order valence-electron chi connectivity index (χ3n) is 0.333. The van der Waals surface area contributed by atoms with Crippen molar-refractivity contribution in [3.8, 4) is 0 Å². The van der Waals surface area contributed by atoms with Crippen LogP contribution in [0.2, 0.25) is 0 Å². The fourth-order valence-corrected chi connectivity index (χ4v) is 0. The first-order valence-electron chi connectivity index (χ1n) is 1.49. The average Bonchev–Trinajstić information content (AvgIpc) is 1.37. The molecule has 0 unspecified atom stereocenters. The van der Waals surface area contributed by atoms with E-state index in [2.05, 4.69) is 0 Å². The van der Waals surface area contributed by atoms with Crippen LogP contribution in [0.25, 0.3) is 0 Å². The Kier molecular flexibility index (Phi) is 16.5. The van der Waals surface area contributed by atoms with Crippen LogP contribution in [0.4, 0.5) is 0 Å². The summed E-state index contributed by atoms with van der Waals surface area (Å²) in [5, 5.41) is 0. The summed E-state index contributed by atoms with van der Waals surface area (Å²) < 4.78 is 0. The summed E-state index contributed by atoms with van der Waals surface area (Å²) in [6, 6.07) is 0. The number of rotatable bonds is 0. The molecule has 0 rings (SSSR count). The van der Waals surface area contributed by atoms with Crippen LogP contribution in [0.5, 0.6) is 0 Å². The van der Waals surface area contributed by atoms with Crippen LogP contribution < -0.4 is 0 Å². The molecule has 0 aliphatic rings. The molecule has 0 fully saturated rings. The second kappa shape index (κ2) is 9.33. The topological polar surface area (TPSA) is 31.5 Å². The van der Waals surface area contributed by atoms with Crippen molar-refractivity contribution in [1.29, 1.82) is 0 Å². The highest BCUT2D eigenvalue weighted by atomic mass is 16.0. The lowest BCUT2D eigenvalue weighted by atomic mass is 10.6. The van der Waals surface area contributed by atoms with Crippen molar-refractivity contribution in [2.24, 2.45) is 0 Å². The molecule has 0 amide bonds. The molecular formula is C4H10O. The predicted molar refractivity (Wildman–Crippen MR) is 24.1 cm³/mol. The highest BCUT2D eigenvalue weighted by Crippen LogP contribution is 1.57. The lowest BCUT2D eigenvalue weighted by Crippen LogP contribution is -1.26. The van der Waals surface area contributed by atoms with Gasteiger partial charge >= 0.3 is 0 Å². The quantitative estimate of drug-likeness (QED) is 0.380. The van der Waals surface area contributed by atoms with E-state index < -0.39 is 0 Å². The van der Waals surface area contributed by atoms with Crippen LogP contribution in [-0.2, 0) is 0 Å². The largest absolute Gasteiger partial charge is 0.412 e. The molecule has 5 heavy (non-hydrogen) atoms. The molecule has 2 N–H and O–H groups in total. The normalized spacial score (nSPS) is 7.60. The van der Waals surface area contributed by atoms with Gasteiger partial charge in [-0.15, -0.1) is 0 Å². The third kappa shape index (κ3) is 21.8. The van der Waals surface area contributed by atoms with Gasteiger partial charge in [0.1, 0.15) is 0 Å². The van der Waals surface area contributed by atoms with Gasteiger partial charge in [-0.1, -0.05) is 12.2 Å². The van der Waals surface area contributed by atoms with E-state index in [9.17, 15) is 0 Å². The summed E-state index contributed by atoms with van der Waals surface area (Å²) in [6.07, 6.45) is 4.00. The minimum absolute atomic E-state index is 0. The van der Waals surface area contributed by atoms with Gasteiger partial charge in [0, 0.05) is 0 Å². The second-order valence-electron chi connectivity index (χ2n) is 0.667. The number of hydrogen-bond donors (Lipinski definition) is 0. The van der Waals surface area contributed by atoms with Crippen molar-refractivity contribution in [3.05, 3.63) is 12.2 Å². The Morgan fingerprint density at radius 1 is 1.00 bits per heavy atom. The van der Waals surface area contributed by atoms with Gasteiger partial charge in [-0.3, -0.25) is 0 Å². The SMILES string of the molecule is C/C=C/C.O. The van der Waals surface area contributed by atoms with E-state index in [0.29, 0.717) is 0 Å². The van der Waals surface area contributed by atoms with Crippen molar-refractivity contribution >= 4 is 0 Å². The molecule has 0 heterocycles.